The van der Waals surface area contributed by atoms with Crippen LogP contribution in [0.5, 0.6) is 5.75 Å². The van der Waals surface area contributed by atoms with Gasteiger partial charge in [0.2, 0.25) is 6.33 Å². The summed E-state index contributed by atoms with van der Waals surface area (Å²) < 4.78 is 4.20. The van der Waals surface area contributed by atoms with Crippen LogP contribution in [0.3, 0.4) is 0 Å². The van der Waals surface area contributed by atoms with Gasteiger partial charge in [0.25, 0.3) is 0 Å². The van der Waals surface area contributed by atoms with Crippen molar-refractivity contribution in [2.24, 2.45) is 7.05 Å². The number of phenols is 1. The number of aromatic nitrogens is 2. The molecule has 0 spiro atoms. The number of aryl methyl sites for hydroxylation is 1. The smallest absolute Gasteiger partial charge is 0.243 e. The zero-order valence-corrected chi connectivity index (χ0v) is 14.9. The van der Waals surface area contributed by atoms with Crippen molar-refractivity contribution >= 4 is 0 Å². The van der Waals surface area contributed by atoms with Crippen LogP contribution in [0, 0.1) is 0 Å². The lowest BCUT2D eigenvalue weighted by molar-refractivity contribution is -0.671. The number of benzene rings is 1. The highest BCUT2D eigenvalue weighted by Gasteiger charge is 2.26. The quantitative estimate of drug-likeness (QED) is 0.843. The fourth-order valence-corrected chi connectivity index (χ4v) is 2.74. The van der Waals surface area contributed by atoms with Crippen molar-refractivity contribution in [1.29, 1.82) is 0 Å². The molecule has 0 amide bonds. The lowest BCUT2D eigenvalue weighted by atomic mass is 9.78. The van der Waals surface area contributed by atoms with E-state index in [0.29, 0.717) is 5.75 Å². The summed E-state index contributed by atoms with van der Waals surface area (Å²) in [6.07, 6.45) is 6.18. The predicted molar refractivity (Wildman–Crippen MR) is 90.2 cm³/mol. The Kier molecular flexibility index (Phi) is 4.12. The molecule has 1 N–H and O–H groups in total. The van der Waals surface area contributed by atoms with Crippen LogP contribution in [0.15, 0.2) is 30.9 Å². The van der Waals surface area contributed by atoms with Crippen LogP contribution in [0.1, 0.15) is 58.2 Å². The van der Waals surface area contributed by atoms with Gasteiger partial charge in [-0.05, 0) is 39.7 Å². The molecule has 0 fully saturated rings. The van der Waals surface area contributed by atoms with Gasteiger partial charge in [-0.1, -0.05) is 41.5 Å². The van der Waals surface area contributed by atoms with Crippen molar-refractivity contribution in [3.8, 4) is 5.75 Å². The summed E-state index contributed by atoms with van der Waals surface area (Å²) in [6.45, 7) is 13.7. The molecule has 1 aromatic heterocycles. The number of hydrogen-bond donors (Lipinski definition) is 1. The second-order valence-electron chi connectivity index (χ2n) is 8.29. The first kappa shape index (κ1) is 16.6. The van der Waals surface area contributed by atoms with Gasteiger partial charge in [0.15, 0.2) is 0 Å². The normalized spacial score (nSPS) is 12.7. The van der Waals surface area contributed by atoms with E-state index in [-0.39, 0.29) is 10.8 Å². The first-order valence-electron chi connectivity index (χ1n) is 7.86. The van der Waals surface area contributed by atoms with Gasteiger partial charge in [0, 0.05) is 0 Å². The summed E-state index contributed by atoms with van der Waals surface area (Å²) in [5.74, 6) is 0.446. The topological polar surface area (TPSA) is 29.0 Å². The molecule has 3 heteroatoms. The van der Waals surface area contributed by atoms with E-state index < -0.39 is 0 Å². The minimum absolute atomic E-state index is 0.0819. The second-order valence-corrected chi connectivity index (χ2v) is 8.29. The summed E-state index contributed by atoms with van der Waals surface area (Å²) in [5, 5.41) is 10.7. The van der Waals surface area contributed by atoms with Crippen LogP contribution in [0.4, 0.5) is 0 Å². The standard InChI is InChI=1S/C19H28N2O/c1-18(2,3)15-10-14(12-21-9-8-20(7)13-21)11-16(17(15)22)19(4,5)6/h8-11,13H,12H2,1-7H3/p+1. The minimum atomic E-state index is -0.0819. The Morgan fingerprint density at radius 1 is 1.00 bits per heavy atom. The Labute approximate surface area is 134 Å². The van der Waals surface area contributed by atoms with E-state index in [4.69, 9.17) is 0 Å². The van der Waals surface area contributed by atoms with Crippen molar-refractivity contribution < 1.29 is 9.67 Å². The van der Waals surface area contributed by atoms with E-state index in [9.17, 15) is 5.11 Å². The molecule has 3 nitrogen and oxygen atoms in total. The average Bonchev–Trinajstić information content (AvgIpc) is 2.74. The summed E-state index contributed by atoms with van der Waals surface area (Å²) in [5.41, 5.74) is 3.10. The second kappa shape index (κ2) is 5.45. The molecule has 2 aromatic rings. The van der Waals surface area contributed by atoms with Crippen molar-refractivity contribution in [3.63, 3.8) is 0 Å². The van der Waals surface area contributed by atoms with E-state index in [2.05, 4.69) is 70.8 Å². The van der Waals surface area contributed by atoms with Crippen LogP contribution in [-0.2, 0) is 24.4 Å². The van der Waals surface area contributed by atoms with Gasteiger partial charge in [-0.15, -0.1) is 0 Å². The van der Waals surface area contributed by atoms with Gasteiger partial charge >= 0.3 is 0 Å². The van der Waals surface area contributed by atoms with Gasteiger partial charge in [0.1, 0.15) is 24.7 Å². The Balaban J connectivity index is 2.55. The highest BCUT2D eigenvalue weighted by molar-refractivity contribution is 5.49. The fraction of sp³-hybridized carbons (Fsp3) is 0.526. The molecule has 22 heavy (non-hydrogen) atoms. The average molecular weight is 301 g/mol. The van der Waals surface area contributed by atoms with E-state index in [0.717, 1.165) is 17.7 Å². The number of rotatable bonds is 2. The summed E-state index contributed by atoms with van der Waals surface area (Å²) >= 11 is 0. The third-order valence-electron chi connectivity index (χ3n) is 3.97. The van der Waals surface area contributed by atoms with Crippen LogP contribution < -0.4 is 4.57 Å². The van der Waals surface area contributed by atoms with E-state index >= 15 is 0 Å². The Hall–Kier alpha value is -1.77. The number of nitrogens with zero attached hydrogens (tertiary/aromatic N) is 2. The molecule has 0 bridgehead atoms. The maximum absolute atomic E-state index is 10.7. The first-order valence-corrected chi connectivity index (χ1v) is 7.86. The van der Waals surface area contributed by atoms with Gasteiger partial charge < -0.3 is 5.11 Å². The van der Waals surface area contributed by atoms with Crippen molar-refractivity contribution in [2.75, 3.05) is 0 Å². The van der Waals surface area contributed by atoms with E-state index in [1.54, 1.807) is 0 Å². The monoisotopic (exact) mass is 301 g/mol. The van der Waals surface area contributed by atoms with Gasteiger partial charge in [-0.2, -0.15) is 0 Å². The number of imidazole rings is 1. The van der Waals surface area contributed by atoms with Crippen molar-refractivity contribution in [1.82, 2.24) is 4.57 Å². The zero-order valence-electron chi connectivity index (χ0n) is 14.9. The molecule has 0 saturated heterocycles. The van der Waals surface area contributed by atoms with E-state index in [1.165, 1.54) is 5.56 Å². The molecule has 0 aliphatic carbocycles. The fourth-order valence-electron chi connectivity index (χ4n) is 2.74. The molecule has 0 unspecified atom stereocenters. The molecule has 0 aliphatic rings. The number of hydrogen-bond acceptors (Lipinski definition) is 1. The molecule has 1 aromatic carbocycles. The van der Waals surface area contributed by atoms with Crippen molar-refractivity contribution in [3.05, 3.63) is 47.5 Å². The number of phenolic OH excluding ortho intramolecular Hbond substituents is 1. The molecule has 0 atom stereocenters. The third kappa shape index (κ3) is 3.52. The summed E-state index contributed by atoms with van der Waals surface area (Å²) in [7, 11) is 2.02. The van der Waals surface area contributed by atoms with Crippen LogP contribution in [-0.4, -0.2) is 9.67 Å². The van der Waals surface area contributed by atoms with E-state index in [1.807, 2.05) is 17.8 Å². The Bertz CT molecular complexity index is 634. The SMILES string of the molecule is C[n+]1ccn(Cc2cc(C(C)(C)C)c(O)c(C(C)(C)C)c2)c1. The molecule has 1 heterocycles. The van der Waals surface area contributed by atoms with Gasteiger partial charge in [-0.25, -0.2) is 9.13 Å². The molecule has 0 aliphatic heterocycles. The van der Waals surface area contributed by atoms with Crippen molar-refractivity contribution in [2.45, 2.75) is 58.9 Å². The van der Waals surface area contributed by atoms with Gasteiger partial charge in [-0.3, -0.25) is 0 Å². The van der Waals surface area contributed by atoms with Crippen LogP contribution in [0.25, 0.3) is 0 Å². The molecular weight excluding hydrogens is 272 g/mol. The lowest BCUT2D eigenvalue weighted by Gasteiger charge is -2.28. The van der Waals surface area contributed by atoms with Crippen LogP contribution >= 0.6 is 0 Å². The van der Waals surface area contributed by atoms with Gasteiger partial charge in [0.05, 0.1) is 7.05 Å². The minimum Gasteiger partial charge on any atom is -0.507 e. The molecule has 0 radical (unpaired) electrons. The number of aromatic hydroxyl groups is 1. The molecule has 2 rings (SSSR count). The highest BCUT2D eigenvalue weighted by Crippen LogP contribution is 2.39. The molecule has 120 valence electrons. The summed E-state index contributed by atoms with van der Waals surface area (Å²) in [4.78, 5) is 0. The lowest BCUT2D eigenvalue weighted by Crippen LogP contribution is -2.24. The Morgan fingerprint density at radius 2 is 1.50 bits per heavy atom. The predicted octanol–water partition coefficient (Wildman–Crippen LogP) is 3.66. The van der Waals surface area contributed by atoms with Crippen LogP contribution in [0.2, 0.25) is 0 Å². The first-order chi connectivity index (χ1) is 9.98. The Morgan fingerprint density at radius 3 is 1.86 bits per heavy atom. The third-order valence-corrected chi connectivity index (χ3v) is 3.97. The molecule has 0 saturated carbocycles. The maximum atomic E-state index is 10.7. The maximum Gasteiger partial charge on any atom is 0.243 e. The zero-order chi connectivity index (χ0) is 16.7. The molecular formula is C19H29N2O+. The summed E-state index contributed by atoms with van der Waals surface area (Å²) in [6, 6.07) is 4.29. The highest BCUT2D eigenvalue weighted by atomic mass is 16.3. The largest absolute Gasteiger partial charge is 0.507 e.